The number of sulfonamides is 1. The van der Waals surface area contributed by atoms with Crippen molar-refractivity contribution in [1.82, 2.24) is 19.6 Å². The van der Waals surface area contributed by atoms with Crippen molar-refractivity contribution >= 4 is 38.9 Å². The van der Waals surface area contributed by atoms with E-state index in [9.17, 15) is 18.0 Å². The average Bonchev–Trinajstić information content (AvgIpc) is 3.67. The third kappa shape index (κ3) is 6.05. The van der Waals surface area contributed by atoms with Gasteiger partial charge in [-0.25, -0.2) is 13.4 Å². The number of rotatable bonds is 8. The molecule has 2 unspecified atom stereocenters. The molecule has 2 aromatic heterocycles. The Morgan fingerprint density at radius 1 is 1.08 bits per heavy atom. The van der Waals surface area contributed by atoms with Crippen molar-refractivity contribution in [3.8, 4) is 0 Å². The first-order valence-electron chi connectivity index (χ1n) is 13.4. The minimum Gasteiger partial charge on any atom is -0.351 e. The summed E-state index contributed by atoms with van der Waals surface area (Å²) in [4.78, 5) is 38.2. The van der Waals surface area contributed by atoms with Gasteiger partial charge in [-0.3, -0.25) is 19.5 Å². The lowest BCUT2D eigenvalue weighted by atomic mass is 10.0. The molecule has 3 heterocycles. The molecule has 0 bridgehead atoms. The molecule has 1 aliphatic carbocycles. The Labute approximate surface area is 233 Å². The Morgan fingerprint density at radius 3 is 2.49 bits per heavy atom. The van der Waals surface area contributed by atoms with Crippen LogP contribution in [0.15, 0.2) is 65.3 Å². The van der Waals surface area contributed by atoms with Gasteiger partial charge in [0.05, 0.1) is 11.1 Å². The van der Waals surface area contributed by atoms with Crippen LogP contribution < -0.4 is 10.2 Å². The largest absolute Gasteiger partial charge is 0.351 e. The van der Waals surface area contributed by atoms with Gasteiger partial charge in [-0.05, 0) is 67.3 Å². The maximum absolute atomic E-state index is 13.9. The van der Waals surface area contributed by atoms with E-state index >= 15 is 0 Å². The lowest BCUT2D eigenvalue weighted by Crippen LogP contribution is -2.46. The summed E-state index contributed by atoms with van der Waals surface area (Å²) in [5.41, 5.74) is 0.489. The number of aromatic nitrogens is 2. The van der Waals surface area contributed by atoms with Crippen LogP contribution in [0.4, 0.5) is 5.69 Å². The van der Waals surface area contributed by atoms with Crippen molar-refractivity contribution in [2.45, 2.75) is 62.4 Å². The van der Waals surface area contributed by atoms with Gasteiger partial charge in [-0.15, -0.1) is 11.3 Å². The van der Waals surface area contributed by atoms with Crippen LogP contribution in [0.3, 0.4) is 0 Å². The van der Waals surface area contributed by atoms with E-state index in [1.54, 1.807) is 12.1 Å². The van der Waals surface area contributed by atoms with Crippen LogP contribution in [0.25, 0.3) is 0 Å². The lowest BCUT2D eigenvalue weighted by molar-refractivity contribution is -0.123. The number of hydrogen-bond donors (Lipinski definition) is 1. The standard InChI is InChI=1S/C28H33N5O4S2/c1-20-6-4-16-32(19-20)39(36,37)23-12-10-22(11-13-23)33(28(35)24-18-29-14-15-30-24)26(25-9-5-17-38-25)27(34)31-21-7-2-3-8-21/h5,9-15,17-18,20-21,26H,2-4,6-8,16,19H2,1H3,(H,31,34). The van der Waals surface area contributed by atoms with Crippen LogP contribution in [-0.4, -0.2) is 53.6 Å². The molecule has 2 fully saturated rings. The van der Waals surface area contributed by atoms with Gasteiger partial charge in [0.2, 0.25) is 15.9 Å². The minimum atomic E-state index is -3.68. The molecule has 3 aromatic rings. The SMILES string of the molecule is CC1CCCN(S(=O)(=O)c2ccc(N(C(=O)c3cnccn3)C(C(=O)NC3CCCC3)c3cccs3)cc2)C1. The van der Waals surface area contributed by atoms with E-state index in [0.717, 1.165) is 38.5 Å². The smallest absolute Gasteiger partial charge is 0.279 e. The number of benzene rings is 1. The number of nitrogens with zero attached hydrogens (tertiary/aromatic N) is 4. The molecule has 9 nitrogen and oxygen atoms in total. The average molecular weight is 568 g/mol. The fraction of sp³-hybridized carbons (Fsp3) is 0.429. The molecule has 11 heteroatoms. The number of anilines is 1. The van der Waals surface area contributed by atoms with Crippen LogP contribution in [0.2, 0.25) is 0 Å². The highest BCUT2D eigenvalue weighted by Crippen LogP contribution is 2.34. The summed E-state index contributed by atoms with van der Waals surface area (Å²) in [5.74, 6) is -0.470. The maximum Gasteiger partial charge on any atom is 0.279 e. The van der Waals surface area contributed by atoms with E-state index in [0.29, 0.717) is 29.6 Å². The quantitative estimate of drug-likeness (QED) is 0.432. The fourth-order valence-corrected chi connectivity index (χ4v) is 7.79. The van der Waals surface area contributed by atoms with E-state index in [1.807, 2.05) is 17.5 Å². The molecule has 2 atom stereocenters. The molecule has 2 amide bonds. The Hall–Kier alpha value is -3.15. The van der Waals surface area contributed by atoms with Crippen molar-refractivity contribution in [3.63, 3.8) is 0 Å². The van der Waals surface area contributed by atoms with Crippen molar-refractivity contribution in [2.75, 3.05) is 18.0 Å². The van der Waals surface area contributed by atoms with Crippen molar-refractivity contribution < 1.29 is 18.0 Å². The summed E-state index contributed by atoms with van der Waals surface area (Å²) in [6.45, 7) is 3.04. The Kier molecular flexibility index (Phi) is 8.39. The summed E-state index contributed by atoms with van der Waals surface area (Å²) in [6.07, 6.45) is 10.0. The highest BCUT2D eigenvalue weighted by molar-refractivity contribution is 7.89. The van der Waals surface area contributed by atoms with Crippen LogP contribution in [0.1, 0.15) is 66.9 Å². The first-order chi connectivity index (χ1) is 18.8. The van der Waals surface area contributed by atoms with E-state index in [-0.39, 0.29) is 22.5 Å². The number of amides is 2. The van der Waals surface area contributed by atoms with Gasteiger partial charge in [0.25, 0.3) is 5.91 Å². The molecule has 1 aliphatic heterocycles. The molecular formula is C28H33N5O4S2. The van der Waals surface area contributed by atoms with Gasteiger partial charge in [0, 0.05) is 42.1 Å². The summed E-state index contributed by atoms with van der Waals surface area (Å²) >= 11 is 1.39. The fourth-order valence-electron chi connectivity index (χ4n) is 5.38. The molecule has 0 radical (unpaired) electrons. The lowest BCUT2D eigenvalue weighted by Gasteiger charge is -2.32. The number of nitrogens with one attached hydrogen (secondary N) is 1. The number of carbonyl (C=O) groups excluding carboxylic acids is 2. The summed E-state index contributed by atoms with van der Waals surface area (Å²) < 4.78 is 28.2. The Morgan fingerprint density at radius 2 is 1.85 bits per heavy atom. The zero-order valence-corrected chi connectivity index (χ0v) is 23.5. The zero-order valence-electron chi connectivity index (χ0n) is 21.9. The van der Waals surface area contributed by atoms with E-state index < -0.39 is 22.0 Å². The first-order valence-corrected chi connectivity index (χ1v) is 15.7. The van der Waals surface area contributed by atoms with Gasteiger partial charge < -0.3 is 5.32 Å². The summed E-state index contributed by atoms with van der Waals surface area (Å²) in [7, 11) is -3.68. The third-order valence-electron chi connectivity index (χ3n) is 7.39. The van der Waals surface area contributed by atoms with Crippen molar-refractivity contribution in [2.24, 2.45) is 5.92 Å². The zero-order chi connectivity index (χ0) is 27.4. The highest BCUT2D eigenvalue weighted by Gasteiger charge is 2.36. The van der Waals surface area contributed by atoms with Crippen molar-refractivity contribution in [1.29, 1.82) is 0 Å². The van der Waals surface area contributed by atoms with E-state index in [1.165, 1.54) is 51.3 Å². The molecule has 2 aliphatic rings. The predicted molar refractivity (Wildman–Crippen MR) is 150 cm³/mol. The first kappa shape index (κ1) is 27.4. The molecule has 0 spiro atoms. The molecular weight excluding hydrogens is 534 g/mol. The number of thiophene rings is 1. The molecule has 1 saturated carbocycles. The molecule has 206 valence electrons. The van der Waals surface area contributed by atoms with E-state index in [4.69, 9.17) is 0 Å². The van der Waals surface area contributed by atoms with Crippen LogP contribution >= 0.6 is 11.3 Å². The topological polar surface area (TPSA) is 113 Å². The molecule has 1 aromatic carbocycles. The molecule has 39 heavy (non-hydrogen) atoms. The van der Waals surface area contributed by atoms with Gasteiger partial charge in [0.1, 0.15) is 5.69 Å². The predicted octanol–water partition coefficient (Wildman–Crippen LogP) is 4.41. The number of carbonyl (C=O) groups is 2. The minimum absolute atomic E-state index is 0.0629. The second kappa shape index (κ2) is 11.9. The van der Waals surface area contributed by atoms with Gasteiger partial charge in [-0.2, -0.15) is 4.31 Å². The number of piperidine rings is 1. The monoisotopic (exact) mass is 567 g/mol. The van der Waals surface area contributed by atoms with Gasteiger partial charge in [0.15, 0.2) is 6.04 Å². The normalized spacial score (nSPS) is 19.5. The van der Waals surface area contributed by atoms with Crippen LogP contribution in [0, 0.1) is 5.92 Å². The summed E-state index contributed by atoms with van der Waals surface area (Å²) in [5, 5.41) is 5.01. The molecule has 1 N–H and O–H groups in total. The van der Waals surface area contributed by atoms with Crippen LogP contribution in [0.5, 0.6) is 0 Å². The number of hydrogen-bond acceptors (Lipinski definition) is 7. The van der Waals surface area contributed by atoms with Crippen molar-refractivity contribution in [3.05, 3.63) is 70.9 Å². The molecule has 5 rings (SSSR count). The Bertz CT molecular complexity index is 1380. The Balaban J connectivity index is 1.52. The molecule has 1 saturated heterocycles. The summed E-state index contributed by atoms with van der Waals surface area (Å²) in [6, 6.07) is 9.00. The maximum atomic E-state index is 13.9. The third-order valence-corrected chi connectivity index (χ3v) is 10.2. The van der Waals surface area contributed by atoms with Crippen LogP contribution in [-0.2, 0) is 14.8 Å². The van der Waals surface area contributed by atoms with Gasteiger partial charge in [-0.1, -0.05) is 25.8 Å². The highest BCUT2D eigenvalue weighted by atomic mass is 32.2. The van der Waals surface area contributed by atoms with E-state index in [2.05, 4.69) is 22.2 Å². The second-order valence-corrected chi connectivity index (χ2v) is 13.2. The second-order valence-electron chi connectivity index (χ2n) is 10.3. The van der Waals surface area contributed by atoms with Gasteiger partial charge >= 0.3 is 0 Å².